The van der Waals surface area contributed by atoms with Gasteiger partial charge in [-0.25, -0.2) is 4.39 Å². The van der Waals surface area contributed by atoms with Crippen LogP contribution in [-0.2, 0) is 0 Å². The number of rotatable bonds is 3. The molecule has 1 heterocycles. The maximum Gasteiger partial charge on any atom is 0.258 e. The molecule has 0 bridgehead atoms. The molecule has 1 aromatic rings. The number of halogens is 3. The summed E-state index contributed by atoms with van der Waals surface area (Å²) < 4.78 is 13.7. The van der Waals surface area contributed by atoms with Gasteiger partial charge >= 0.3 is 0 Å². The van der Waals surface area contributed by atoms with Gasteiger partial charge in [-0.05, 0) is 44.5 Å². The van der Waals surface area contributed by atoms with Crippen LogP contribution in [0.4, 0.5) is 4.39 Å². The molecule has 1 aromatic carbocycles. The average molecular weight is 321 g/mol. The van der Waals surface area contributed by atoms with Gasteiger partial charge in [-0.1, -0.05) is 17.7 Å². The fraction of sp³-hybridized carbons (Fsp3) is 0.500. The number of nitrogens with zero attached hydrogens (tertiary/aromatic N) is 1. The Bertz CT molecular complexity index is 442. The van der Waals surface area contributed by atoms with Crippen LogP contribution in [0.2, 0.25) is 5.02 Å². The van der Waals surface area contributed by atoms with Crippen molar-refractivity contribution in [2.24, 2.45) is 5.92 Å². The average Bonchev–Trinajstić information content (AvgIpc) is 2.39. The van der Waals surface area contributed by atoms with Crippen molar-refractivity contribution < 1.29 is 9.18 Å². The normalized spacial score (nSPS) is 15.8. The number of nitrogens with one attached hydrogen (secondary N) is 1. The first-order chi connectivity index (χ1) is 9.13. The highest BCUT2D eigenvalue weighted by molar-refractivity contribution is 6.33. The topological polar surface area (TPSA) is 32.3 Å². The number of piperidine rings is 1. The van der Waals surface area contributed by atoms with Crippen LogP contribution < -0.4 is 5.32 Å². The van der Waals surface area contributed by atoms with Crippen molar-refractivity contribution in [1.82, 2.24) is 10.2 Å². The van der Waals surface area contributed by atoms with Crippen LogP contribution in [-0.4, -0.2) is 37.5 Å². The third-order valence-corrected chi connectivity index (χ3v) is 3.89. The summed E-state index contributed by atoms with van der Waals surface area (Å²) in [5.74, 6) is -0.258. The second kappa shape index (κ2) is 7.81. The van der Waals surface area contributed by atoms with E-state index in [1.807, 2.05) is 7.05 Å². The molecule has 3 nitrogen and oxygen atoms in total. The summed E-state index contributed by atoms with van der Waals surface area (Å²) in [4.78, 5) is 14.0. The minimum Gasteiger partial charge on any atom is -0.338 e. The van der Waals surface area contributed by atoms with Crippen molar-refractivity contribution in [3.8, 4) is 0 Å². The van der Waals surface area contributed by atoms with E-state index >= 15 is 0 Å². The summed E-state index contributed by atoms with van der Waals surface area (Å²) in [7, 11) is 1.93. The molecule has 2 rings (SSSR count). The summed E-state index contributed by atoms with van der Waals surface area (Å²) in [6, 6.07) is 4.33. The molecule has 0 aromatic heterocycles. The van der Waals surface area contributed by atoms with Crippen molar-refractivity contribution in [3.63, 3.8) is 0 Å². The number of likely N-dealkylation sites (tertiary alicyclic amines) is 1. The van der Waals surface area contributed by atoms with Gasteiger partial charge in [-0.3, -0.25) is 4.79 Å². The molecule has 0 spiro atoms. The van der Waals surface area contributed by atoms with E-state index in [-0.39, 0.29) is 28.9 Å². The van der Waals surface area contributed by atoms with Gasteiger partial charge < -0.3 is 10.2 Å². The van der Waals surface area contributed by atoms with E-state index in [2.05, 4.69) is 5.32 Å². The molecular weight excluding hydrogens is 302 g/mol. The highest BCUT2D eigenvalue weighted by Gasteiger charge is 2.26. The Kier molecular flexibility index (Phi) is 6.72. The number of carbonyl (C=O) groups excluding carboxylic acids is 1. The maximum absolute atomic E-state index is 13.7. The van der Waals surface area contributed by atoms with Gasteiger partial charge in [-0.15, -0.1) is 12.4 Å². The van der Waals surface area contributed by atoms with E-state index in [1.165, 1.54) is 12.1 Å². The molecule has 20 heavy (non-hydrogen) atoms. The summed E-state index contributed by atoms with van der Waals surface area (Å²) >= 11 is 5.92. The van der Waals surface area contributed by atoms with Gasteiger partial charge in [0.1, 0.15) is 5.82 Å². The Hall–Kier alpha value is -0.840. The largest absolute Gasteiger partial charge is 0.338 e. The monoisotopic (exact) mass is 320 g/mol. The molecule has 1 amide bonds. The summed E-state index contributed by atoms with van der Waals surface area (Å²) in [6.45, 7) is 2.29. The molecule has 1 N–H and O–H groups in total. The predicted octanol–water partition coefficient (Wildman–Crippen LogP) is 2.97. The van der Waals surface area contributed by atoms with Gasteiger partial charge in [0.25, 0.3) is 5.91 Å². The van der Waals surface area contributed by atoms with Crippen LogP contribution in [0.3, 0.4) is 0 Å². The fourth-order valence-electron chi connectivity index (χ4n) is 2.49. The Morgan fingerprint density at radius 2 is 2.10 bits per heavy atom. The Morgan fingerprint density at radius 3 is 2.65 bits per heavy atom. The van der Waals surface area contributed by atoms with Crippen molar-refractivity contribution in [2.75, 3.05) is 26.7 Å². The first kappa shape index (κ1) is 17.2. The minimum atomic E-state index is -0.546. The number of carbonyl (C=O) groups is 1. The number of hydrogen-bond donors (Lipinski definition) is 1. The Balaban J connectivity index is 0.00000200. The van der Waals surface area contributed by atoms with Gasteiger partial charge in [0.15, 0.2) is 0 Å². The van der Waals surface area contributed by atoms with E-state index in [0.29, 0.717) is 19.0 Å². The number of amides is 1. The molecule has 1 fully saturated rings. The third-order valence-electron chi connectivity index (χ3n) is 3.57. The summed E-state index contributed by atoms with van der Waals surface area (Å²) in [5.41, 5.74) is -0.00349. The van der Waals surface area contributed by atoms with Crippen molar-refractivity contribution in [3.05, 3.63) is 34.6 Å². The molecule has 0 aliphatic carbocycles. The molecule has 0 radical (unpaired) electrons. The van der Waals surface area contributed by atoms with Crippen LogP contribution in [0.5, 0.6) is 0 Å². The predicted molar refractivity (Wildman–Crippen MR) is 81.2 cm³/mol. The van der Waals surface area contributed by atoms with Crippen LogP contribution in [0.15, 0.2) is 18.2 Å². The second-order valence-electron chi connectivity index (χ2n) is 4.89. The van der Waals surface area contributed by atoms with E-state index in [9.17, 15) is 9.18 Å². The lowest BCUT2D eigenvalue weighted by atomic mass is 9.96. The molecule has 0 atom stereocenters. The van der Waals surface area contributed by atoms with Gasteiger partial charge in [0.2, 0.25) is 0 Å². The zero-order valence-corrected chi connectivity index (χ0v) is 12.9. The second-order valence-corrected chi connectivity index (χ2v) is 5.30. The van der Waals surface area contributed by atoms with E-state index < -0.39 is 5.82 Å². The molecule has 6 heteroatoms. The van der Waals surface area contributed by atoms with Crippen LogP contribution >= 0.6 is 24.0 Å². The van der Waals surface area contributed by atoms with Crippen LogP contribution in [0, 0.1) is 11.7 Å². The number of benzene rings is 1. The highest BCUT2D eigenvalue weighted by atomic mass is 35.5. The highest BCUT2D eigenvalue weighted by Crippen LogP contribution is 2.24. The Labute approximate surface area is 129 Å². The van der Waals surface area contributed by atoms with E-state index in [0.717, 1.165) is 19.4 Å². The lowest BCUT2D eigenvalue weighted by Gasteiger charge is -2.32. The lowest BCUT2D eigenvalue weighted by molar-refractivity contribution is 0.0686. The molecule has 0 saturated carbocycles. The first-order valence-corrected chi connectivity index (χ1v) is 6.89. The van der Waals surface area contributed by atoms with Crippen LogP contribution in [0.1, 0.15) is 23.2 Å². The Morgan fingerprint density at radius 1 is 1.45 bits per heavy atom. The summed E-state index contributed by atoms with van der Waals surface area (Å²) in [6.07, 6.45) is 1.89. The van der Waals surface area contributed by atoms with Gasteiger partial charge in [0.05, 0.1) is 10.6 Å². The number of hydrogen-bond acceptors (Lipinski definition) is 2. The zero-order chi connectivity index (χ0) is 13.8. The van der Waals surface area contributed by atoms with E-state index in [1.54, 1.807) is 11.0 Å². The smallest absolute Gasteiger partial charge is 0.258 e. The maximum atomic E-state index is 13.7. The van der Waals surface area contributed by atoms with Crippen molar-refractivity contribution in [1.29, 1.82) is 0 Å². The molecule has 0 unspecified atom stereocenters. The van der Waals surface area contributed by atoms with Gasteiger partial charge in [0, 0.05) is 13.1 Å². The van der Waals surface area contributed by atoms with E-state index in [4.69, 9.17) is 11.6 Å². The SMILES string of the molecule is CNCC1CCN(C(=O)c2c(F)cccc2Cl)CC1.Cl. The van der Waals surface area contributed by atoms with Crippen LogP contribution in [0.25, 0.3) is 0 Å². The molecule has 1 aliphatic rings. The molecule has 1 saturated heterocycles. The van der Waals surface area contributed by atoms with Crippen molar-refractivity contribution >= 4 is 29.9 Å². The molecule has 1 aliphatic heterocycles. The quantitative estimate of drug-likeness (QED) is 0.928. The third kappa shape index (κ3) is 3.84. The fourth-order valence-corrected chi connectivity index (χ4v) is 2.73. The summed E-state index contributed by atoms with van der Waals surface area (Å²) in [5, 5.41) is 3.33. The molecular formula is C14H19Cl2FN2O. The molecule has 112 valence electrons. The standard InChI is InChI=1S/C14H18ClFN2O.ClH/c1-17-9-10-5-7-18(8-6-10)14(19)13-11(15)3-2-4-12(13)16;/h2-4,10,17H,5-9H2,1H3;1H. The first-order valence-electron chi connectivity index (χ1n) is 6.51. The van der Waals surface area contributed by atoms with Crippen molar-refractivity contribution in [2.45, 2.75) is 12.8 Å². The lowest BCUT2D eigenvalue weighted by Crippen LogP contribution is -2.40. The zero-order valence-electron chi connectivity index (χ0n) is 11.4. The minimum absolute atomic E-state index is 0. The van der Waals surface area contributed by atoms with Gasteiger partial charge in [-0.2, -0.15) is 0 Å².